The van der Waals surface area contributed by atoms with Crippen molar-refractivity contribution in [2.75, 3.05) is 0 Å². The van der Waals surface area contributed by atoms with E-state index in [1.807, 2.05) is 0 Å². The van der Waals surface area contributed by atoms with Gasteiger partial charge in [0.05, 0.1) is 0 Å². The summed E-state index contributed by atoms with van der Waals surface area (Å²) in [5, 5.41) is 1.46. The van der Waals surface area contributed by atoms with Crippen LogP contribution >= 0.6 is 0 Å². The lowest BCUT2D eigenvalue weighted by atomic mass is 9.89. The van der Waals surface area contributed by atoms with Crippen molar-refractivity contribution in [3.8, 4) is 0 Å². The molecule has 17 heavy (non-hydrogen) atoms. The summed E-state index contributed by atoms with van der Waals surface area (Å²) >= 11 is 0. The normalized spacial score (nSPS) is 24.6. The number of nitrogens with one attached hydrogen (secondary N) is 1. The molecule has 0 aliphatic heterocycles. The molecule has 0 bridgehead atoms. The number of hydrogen-bond acceptors (Lipinski definition) is 0. The van der Waals surface area contributed by atoms with Crippen LogP contribution < -0.4 is 0 Å². The summed E-state index contributed by atoms with van der Waals surface area (Å²) in [6.45, 7) is 6.80. The number of rotatable bonds is 1. The highest BCUT2D eigenvalue weighted by atomic mass is 14.7. The zero-order valence-electron chi connectivity index (χ0n) is 11.0. The molecule has 0 spiro atoms. The Kier molecular flexibility index (Phi) is 2.50. The first-order valence-electron chi connectivity index (χ1n) is 6.75. The van der Waals surface area contributed by atoms with E-state index in [0.717, 1.165) is 11.8 Å². The fraction of sp³-hybridized carbons (Fsp3) is 0.500. The lowest BCUT2D eigenvalue weighted by Gasteiger charge is -2.14. The number of aromatic nitrogens is 1. The molecule has 1 aliphatic carbocycles. The molecule has 3 rings (SSSR count). The third-order valence-corrected chi connectivity index (χ3v) is 4.42. The van der Waals surface area contributed by atoms with Crippen LogP contribution in [-0.4, -0.2) is 4.98 Å². The van der Waals surface area contributed by atoms with Crippen LogP contribution in [-0.2, 0) is 0 Å². The molecule has 0 saturated heterocycles. The summed E-state index contributed by atoms with van der Waals surface area (Å²) < 4.78 is 0. The third kappa shape index (κ3) is 1.69. The highest BCUT2D eigenvalue weighted by Gasteiger charge is 2.27. The van der Waals surface area contributed by atoms with Crippen molar-refractivity contribution in [2.24, 2.45) is 5.92 Å². The standard InChI is InChI=1S/C16H21N/c1-10-7-12(3)16-14(8-10)15(9-17-16)13-6-4-5-11(13)2/h7-9,11,13,17H,4-6H2,1-3H3. The maximum absolute atomic E-state index is 3.48. The molecular formula is C16H21N. The zero-order chi connectivity index (χ0) is 12.0. The second-order valence-electron chi connectivity index (χ2n) is 5.76. The van der Waals surface area contributed by atoms with Crippen molar-refractivity contribution in [3.63, 3.8) is 0 Å². The van der Waals surface area contributed by atoms with Gasteiger partial charge in [-0.05, 0) is 49.3 Å². The van der Waals surface area contributed by atoms with Crippen LogP contribution in [0.2, 0.25) is 0 Å². The molecule has 2 unspecified atom stereocenters. The van der Waals surface area contributed by atoms with Gasteiger partial charge in [0.1, 0.15) is 0 Å². The molecular weight excluding hydrogens is 206 g/mol. The molecule has 1 aromatic carbocycles. The minimum Gasteiger partial charge on any atom is -0.361 e. The molecule has 2 aromatic rings. The molecule has 2 atom stereocenters. The number of aryl methyl sites for hydroxylation is 2. The van der Waals surface area contributed by atoms with E-state index in [1.165, 1.54) is 41.3 Å². The molecule has 0 amide bonds. The summed E-state index contributed by atoms with van der Waals surface area (Å²) in [7, 11) is 0. The third-order valence-electron chi connectivity index (χ3n) is 4.42. The predicted molar refractivity (Wildman–Crippen MR) is 73.5 cm³/mol. The van der Waals surface area contributed by atoms with Gasteiger partial charge in [0.2, 0.25) is 0 Å². The zero-order valence-corrected chi connectivity index (χ0v) is 11.0. The van der Waals surface area contributed by atoms with Crippen LogP contribution in [0.1, 0.15) is 48.8 Å². The Morgan fingerprint density at radius 2 is 2.00 bits per heavy atom. The number of aromatic amines is 1. The van der Waals surface area contributed by atoms with Crippen molar-refractivity contribution in [2.45, 2.75) is 46.0 Å². The minimum absolute atomic E-state index is 0.768. The van der Waals surface area contributed by atoms with Crippen molar-refractivity contribution < 1.29 is 0 Å². The Balaban J connectivity index is 2.17. The molecule has 1 N–H and O–H groups in total. The van der Waals surface area contributed by atoms with Crippen LogP contribution in [0.3, 0.4) is 0 Å². The van der Waals surface area contributed by atoms with Gasteiger partial charge in [-0.3, -0.25) is 0 Å². The topological polar surface area (TPSA) is 15.8 Å². The van der Waals surface area contributed by atoms with Gasteiger partial charge in [-0.15, -0.1) is 0 Å². The van der Waals surface area contributed by atoms with Gasteiger partial charge in [-0.25, -0.2) is 0 Å². The Labute approximate surface area is 103 Å². The number of fused-ring (bicyclic) bond motifs is 1. The summed E-state index contributed by atoms with van der Waals surface area (Å²) in [6.07, 6.45) is 6.40. The predicted octanol–water partition coefficient (Wildman–Crippen LogP) is 4.69. The van der Waals surface area contributed by atoms with E-state index in [-0.39, 0.29) is 0 Å². The monoisotopic (exact) mass is 227 g/mol. The summed E-state index contributed by atoms with van der Waals surface area (Å²) in [6, 6.07) is 4.61. The maximum atomic E-state index is 3.48. The van der Waals surface area contributed by atoms with Gasteiger partial charge in [-0.1, -0.05) is 31.4 Å². The largest absolute Gasteiger partial charge is 0.361 e. The van der Waals surface area contributed by atoms with Gasteiger partial charge in [0.25, 0.3) is 0 Å². The number of H-pyrrole nitrogens is 1. The van der Waals surface area contributed by atoms with E-state index in [0.29, 0.717) is 0 Å². The average Bonchev–Trinajstić information content (AvgIpc) is 2.84. The Morgan fingerprint density at radius 1 is 1.18 bits per heavy atom. The van der Waals surface area contributed by atoms with E-state index < -0.39 is 0 Å². The Hall–Kier alpha value is -1.24. The fourth-order valence-electron chi connectivity index (χ4n) is 3.53. The van der Waals surface area contributed by atoms with Gasteiger partial charge < -0.3 is 4.98 Å². The van der Waals surface area contributed by atoms with Crippen molar-refractivity contribution >= 4 is 10.9 Å². The van der Waals surface area contributed by atoms with E-state index in [1.54, 1.807) is 5.56 Å². The summed E-state index contributed by atoms with van der Waals surface area (Å²) in [4.78, 5) is 3.48. The number of hydrogen-bond donors (Lipinski definition) is 1. The van der Waals surface area contributed by atoms with E-state index in [4.69, 9.17) is 0 Å². The van der Waals surface area contributed by atoms with Crippen molar-refractivity contribution in [1.82, 2.24) is 4.98 Å². The highest BCUT2D eigenvalue weighted by molar-refractivity contribution is 5.87. The molecule has 1 aliphatic rings. The van der Waals surface area contributed by atoms with Crippen LogP contribution in [0.4, 0.5) is 0 Å². The smallest absolute Gasteiger partial charge is 0.0486 e. The molecule has 1 aromatic heterocycles. The maximum Gasteiger partial charge on any atom is 0.0486 e. The molecule has 1 heterocycles. The number of benzene rings is 1. The van der Waals surface area contributed by atoms with Gasteiger partial charge >= 0.3 is 0 Å². The Bertz CT molecular complexity index is 550. The van der Waals surface area contributed by atoms with Crippen molar-refractivity contribution in [1.29, 1.82) is 0 Å². The lowest BCUT2D eigenvalue weighted by molar-refractivity contribution is 0.536. The van der Waals surface area contributed by atoms with Gasteiger partial charge in [0.15, 0.2) is 0 Å². The first-order valence-corrected chi connectivity index (χ1v) is 6.75. The molecule has 1 fully saturated rings. The molecule has 1 saturated carbocycles. The van der Waals surface area contributed by atoms with Crippen LogP contribution in [0, 0.1) is 19.8 Å². The Morgan fingerprint density at radius 3 is 2.71 bits per heavy atom. The minimum atomic E-state index is 0.768. The second kappa shape index (κ2) is 3.90. The lowest BCUT2D eigenvalue weighted by Crippen LogP contribution is -2.00. The highest BCUT2D eigenvalue weighted by Crippen LogP contribution is 2.42. The van der Waals surface area contributed by atoms with E-state index in [9.17, 15) is 0 Å². The summed E-state index contributed by atoms with van der Waals surface area (Å²) in [5.74, 6) is 1.61. The SMILES string of the molecule is Cc1cc(C)c2[nH]cc(C3CCCC3C)c2c1. The molecule has 1 heteroatoms. The van der Waals surface area contributed by atoms with Gasteiger partial charge in [0, 0.05) is 17.1 Å². The van der Waals surface area contributed by atoms with E-state index in [2.05, 4.69) is 44.1 Å². The first kappa shape index (κ1) is 10.9. The van der Waals surface area contributed by atoms with E-state index >= 15 is 0 Å². The molecule has 0 radical (unpaired) electrons. The molecule has 90 valence electrons. The van der Waals surface area contributed by atoms with Crippen LogP contribution in [0.25, 0.3) is 10.9 Å². The average molecular weight is 227 g/mol. The summed E-state index contributed by atoms with van der Waals surface area (Å²) in [5.41, 5.74) is 5.64. The van der Waals surface area contributed by atoms with Crippen molar-refractivity contribution in [3.05, 3.63) is 35.0 Å². The first-order chi connectivity index (χ1) is 8.16. The second-order valence-corrected chi connectivity index (χ2v) is 5.76. The van der Waals surface area contributed by atoms with Crippen LogP contribution in [0.15, 0.2) is 18.3 Å². The van der Waals surface area contributed by atoms with Gasteiger partial charge in [-0.2, -0.15) is 0 Å². The fourth-order valence-corrected chi connectivity index (χ4v) is 3.53. The quantitative estimate of drug-likeness (QED) is 0.727. The van der Waals surface area contributed by atoms with Crippen LogP contribution in [0.5, 0.6) is 0 Å². The molecule has 1 nitrogen and oxygen atoms in total.